The lowest BCUT2D eigenvalue weighted by Crippen LogP contribution is -2.09. The Balaban J connectivity index is 4.64. The van der Waals surface area contributed by atoms with Gasteiger partial charge in [-0.05, 0) is 12.2 Å². The fourth-order valence-corrected chi connectivity index (χ4v) is 0.664. The minimum Gasteiger partial charge on any atom is -0.389 e. The number of sulfone groups is 1. The van der Waals surface area contributed by atoms with Crippen molar-refractivity contribution in [2.24, 2.45) is 11.5 Å². The molecule has 0 amide bonds. The second-order valence-electron chi connectivity index (χ2n) is 1.89. The molecule has 0 aliphatic heterocycles. The summed E-state index contributed by atoms with van der Waals surface area (Å²) in [5, 5.41) is -0.280. The molecule has 4 N–H and O–H groups in total. The summed E-state index contributed by atoms with van der Waals surface area (Å²) in [4.78, 5) is 0. The minimum atomic E-state index is -3.32. The summed E-state index contributed by atoms with van der Waals surface area (Å²) in [7, 11) is -3.32. The average Bonchev–Trinajstić information content (AvgIpc) is 1.80. The zero-order valence-corrected chi connectivity index (χ0v) is 7.48. The van der Waals surface area contributed by atoms with Gasteiger partial charge in [0.15, 0.2) is 9.84 Å². The Kier molecular flexibility index (Phi) is 3.41. The Labute approximate surface area is 70.4 Å². The van der Waals surface area contributed by atoms with E-state index in [1.54, 1.807) is 0 Å². The van der Waals surface area contributed by atoms with Crippen molar-refractivity contribution in [1.82, 2.24) is 0 Å². The van der Waals surface area contributed by atoms with Crippen LogP contribution in [0.15, 0.2) is 22.3 Å². The van der Waals surface area contributed by atoms with Crippen molar-refractivity contribution in [2.45, 2.75) is 0 Å². The van der Waals surface area contributed by atoms with Crippen LogP contribution in [0.3, 0.4) is 0 Å². The molecule has 11 heavy (non-hydrogen) atoms. The van der Waals surface area contributed by atoms with Crippen LogP contribution in [0.2, 0.25) is 0 Å². The van der Waals surface area contributed by atoms with Crippen LogP contribution in [0.5, 0.6) is 0 Å². The fourth-order valence-electron chi connectivity index (χ4n) is 0.285. The molecule has 0 saturated heterocycles. The highest BCUT2D eigenvalue weighted by molar-refractivity contribution is 7.94. The van der Waals surface area contributed by atoms with Crippen molar-refractivity contribution in [3.63, 3.8) is 0 Å². The minimum absolute atomic E-state index is 0.0170. The van der Waals surface area contributed by atoms with Gasteiger partial charge in [0.2, 0.25) is 0 Å². The normalized spacial score (nSPS) is 15.1. The highest BCUT2D eigenvalue weighted by Crippen LogP contribution is 1.98. The van der Waals surface area contributed by atoms with E-state index in [0.29, 0.717) is 0 Å². The lowest BCUT2D eigenvalue weighted by Gasteiger charge is -1.93. The molecule has 0 aromatic rings. The van der Waals surface area contributed by atoms with E-state index in [1.807, 2.05) is 0 Å². The van der Waals surface area contributed by atoms with Crippen LogP contribution in [-0.2, 0) is 9.84 Å². The molecule has 0 aromatic heterocycles. The van der Waals surface area contributed by atoms with Gasteiger partial charge in [-0.25, -0.2) is 8.42 Å². The quantitative estimate of drug-likeness (QED) is 0.476. The van der Waals surface area contributed by atoms with Gasteiger partial charge in [0, 0.05) is 6.26 Å². The van der Waals surface area contributed by atoms with Gasteiger partial charge in [0.1, 0.15) is 5.03 Å². The molecule has 0 rings (SSSR count). The zero-order valence-electron chi connectivity index (χ0n) is 5.91. The molecule has 0 heterocycles. The highest BCUT2D eigenvalue weighted by Gasteiger charge is 2.03. The molecular formula is C5H9ClN2O2S. The summed E-state index contributed by atoms with van der Waals surface area (Å²) < 4.78 is 21.3. The third-order valence-corrected chi connectivity index (χ3v) is 1.95. The number of allylic oxidation sites excluding steroid dienone is 2. The molecule has 0 fully saturated rings. The molecule has 0 aromatic carbocycles. The molecule has 0 unspecified atom stereocenters. The second kappa shape index (κ2) is 3.64. The number of halogens is 1. The van der Waals surface area contributed by atoms with Gasteiger partial charge < -0.3 is 11.5 Å². The first-order valence-electron chi connectivity index (χ1n) is 2.62. The van der Waals surface area contributed by atoms with E-state index in [2.05, 4.69) is 0 Å². The lowest BCUT2D eigenvalue weighted by atomic mass is 10.6. The smallest absolute Gasteiger partial charge is 0.190 e. The first-order chi connectivity index (χ1) is 4.84. The maximum atomic E-state index is 10.6. The van der Waals surface area contributed by atoms with Crippen LogP contribution in [-0.4, -0.2) is 14.7 Å². The largest absolute Gasteiger partial charge is 0.389 e. The summed E-state index contributed by atoms with van der Waals surface area (Å²) in [6.45, 7) is 0. The summed E-state index contributed by atoms with van der Waals surface area (Å²) in [5.74, 6) is 0. The van der Waals surface area contributed by atoms with Crippen molar-refractivity contribution in [1.29, 1.82) is 0 Å². The van der Waals surface area contributed by atoms with E-state index >= 15 is 0 Å². The van der Waals surface area contributed by atoms with E-state index in [1.165, 1.54) is 6.08 Å². The molecule has 0 atom stereocenters. The molecule has 0 aliphatic rings. The van der Waals surface area contributed by atoms with Gasteiger partial charge in [-0.15, -0.1) is 0 Å². The maximum absolute atomic E-state index is 10.6. The number of hydrogen-bond acceptors (Lipinski definition) is 4. The summed E-state index contributed by atoms with van der Waals surface area (Å²) in [5.41, 5.74) is 10.1. The Hall–Kier alpha value is -0.680. The van der Waals surface area contributed by atoms with Crippen LogP contribution < -0.4 is 11.5 Å². The SMILES string of the molecule is CS(=O)(=O)/C(N)=C/C=C(\N)Cl. The van der Waals surface area contributed by atoms with Crippen molar-refractivity contribution in [3.8, 4) is 0 Å². The van der Waals surface area contributed by atoms with Crippen LogP contribution in [0.1, 0.15) is 0 Å². The second-order valence-corrected chi connectivity index (χ2v) is 4.34. The third-order valence-electron chi connectivity index (χ3n) is 0.835. The number of nitrogens with two attached hydrogens (primary N) is 2. The molecule has 0 saturated carbocycles. The third kappa shape index (κ3) is 4.69. The summed E-state index contributed by atoms with van der Waals surface area (Å²) >= 11 is 5.22. The Morgan fingerprint density at radius 1 is 1.36 bits per heavy atom. The van der Waals surface area contributed by atoms with E-state index in [9.17, 15) is 8.42 Å². The molecule has 6 heteroatoms. The predicted molar refractivity (Wildman–Crippen MR) is 45.2 cm³/mol. The van der Waals surface area contributed by atoms with Gasteiger partial charge in [-0.1, -0.05) is 11.6 Å². The van der Waals surface area contributed by atoms with Gasteiger partial charge in [0.25, 0.3) is 0 Å². The van der Waals surface area contributed by atoms with E-state index in [0.717, 1.165) is 12.3 Å². The molecule has 0 radical (unpaired) electrons. The summed E-state index contributed by atoms with van der Waals surface area (Å²) in [6.07, 6.45) is 3.34. The molecule has 0 spiro atoms. The van der Waals surface area contributed by atoms with Crippen molar-refractivity contribution >= 4 is 21.4 Å². The van der Waals surface area contributed by atoms with Crippen LogP contribution in [0.4, 0.5) is 0 Å². The van der Waals surface area contributed by atoms with Crippen LogP contribution >= 0.6 is 11.6 Å². The van der Waals surface area contributed by atoms with Gasteiger partial charge in [0.05, 0.1) is 5.16 Å². The van der Waals surface area contributed by atoms with E-state index in [4.69, 9.17) is 23.1 Å². The predicted octanol–water partition coefficient (Wildman–Crippen LogP) is -0.130. The molecule has 4 nitrogen and oxygen atoms in total. The zero-order chi connectivity index (χ0) is 9.07. The van der Waals surface area contributed by atoms with Crippen molar-refractivity contribution < 1.29 is 8.42 Å². The lowest BCUT2D eigenvalue weighted by molar-refractivity contribution is 0.607. The average molecular weight is 197 g/mol. The van der Waals surface area contributed by atoms with Crippen molar-refractivity contribution in [2.75, 3.05) is 6.26 Å². The van der Waals surface area contributed by atoms with E-state index in [-0.39, 0.29) is 10.2 Å². The topological polar surface area (TPSA) is 86.2 Å². The van der Waals surface area contributed by atoms with Gasteiger partial charge >= 0.3 is 0 Å². The Morgan fingerprint density at radius 2 is 1.82 bits per heavy atom. The number of hydrogen-bond donors (Lipinski definition) is 2. The molecular weight excluding hydrogens is 188 g/mol. The van der Waals surface area contributed by atoms with Gasteiger partial charge in [-0.2, -0.15) is 0 Å². The number of rotatable bonds is 2. The Bertz CT molecular complexity index is 288. The van der Waals surface area contributed by atoms with Crippen molar-refractivity contribution in [3.05, 3.63) is 22.3 Å². The standard InChI is InChI=1S/C5H9ClN2O2S/c1-11(9,10)5(8)3-2-4(6)7/h2-3H,7-8H2,1H3/b4-2-,5-3+. The van der Waals surface area contributed by atoms with Crippen LogP contribution in [0.25, 0.3) is 0 Å². The monoisotopic (exact) mass is 196 g/mol. The fraction of sp³-hybridized carbons (Fsp3) is 0.200. The molecule has 0 bridgehead atoms. The molecule has 0 aliphatic carbocycles. The van der Waals surface area contributed by atoms with Crippen LogP contribution in [0, 0.1) is 0 Å². The summed E-state index contributed by atoms with van der Waals surface area (Å²) in [6, 6.07) is 0. The first-order valence-corrected chi connectivity index (χ1v) is 4.89. The maximum Gasteiger partial charge on any atom is 0.190 e. The highest BCUT2D eigenvalue weighted by atomic mass is 35.5. The molecule has 64 valence electrons. The Morgan fingerprint density at radius 3 is 2.09 bits per heavy atom. The van der Waals surface area contributed by atoms with E-state index < -0.39 is 9.84 Å². The van der Waals surface area contributed by atoms with Gasteiger partial charge in [-0.3, -0.25) is 0 Å². The first kappa shape index (κ1) is 10.3.